The lowest BCUT2D eigenvalue weighted by Gasteiger charge is -2.04. The molecule has 1 aromatic rings. The zero-order valence-corrected chi connectivity index (χ0v) is 9.06. The summed E-state index contributed by atoms with van der Waals surface area (Å²) >= 11 is 0. The summed E-state index contributed by atoms with van der Waals surface area (Å²) in [5.74, 6) is 0.0150. The molecule has 0 N–H and O–H groups in total. The van der Waals surface area contributed by atoms with E-state index in [0.717, 1.165) is 0 Å². The third kappa shape index (κ3) is 2.61. The molecule has 0 aromatic heterocycles. The highest BCUT2D eigenvalue weighted by Gasteiger charge is 2.05. The highest BCUT2D eigenvalue weighted by Crippen LogP contribution is 2.22. The van der Waals surface area contributed by atoms with Crippen LogP contribution < -0.4 is 4.74 Å². The van der Waals surface area contributed by atoms with E-state index >= 15 is 0 Å². The van der Waals surface area contributed by atoms with Gasteiger partial charge in [-0.25, -0.2) is 4.79 Å². The van der Waals surface area contributed by atoms with E-state index < -0.39 is 5.97 Å². The molecule has 0 amide bonds. The van der Waals surface area contributed by atoms with Gasteiger partial charge in [-0.2, -0.15) is 5.26 Å². The van der Waals surface area contributed by atoms with Crippen LogP contribution in [0.3, 0.4) is 0 Å². The number of carbonyl (C=O) groups is 1. The van der Waals surface area contributed by atoms with Crippen molar-refractivity contribution in [3.05, 3.63) is 35.4 Å². The fourth-order valence-electron chi connectivity index (χ4n) is 1.20. The van der Waals surface area contributed by atoms with Gasteiger partial charge in [-0.1, -0.05) is 12.1 Å². The Morgan fingerprint density at radius 2 is 2.19 bits per heavy atom. The number of methoxy groups -OCH3 is 2. The van der Waals surface area contributed by atoms with Crippen LogP contribution in [0.25, 0.3) is 6.08 Å². The quantitative estimate of drug-likeness (QED) is 0.571. The first-order valence-electron chi connectivity index (χ1n) is 4.56. The molecule has 0 bridgehead atoms. The lowest BCUT2D eigenvalue weighted by atomic mass is 10.1. The number of nitrogens with zero attached hydrogens (tertiary/aromatic N) is 1. The Morgan fingerprint density at radius 3 is 2.75 bits per heavy atom. The number of ether oxygens (including phenoxy) is 2. The number of carbonyl (C=O) groups excluding carboxylic acids is 1. The maximum atomic E-state index is 10.9. The molecular formula is C12H11NO3. The number of hydrogen-bond acceptors (Lipinski definition) is 4. The Bertz CT molecular complexity index is 458. The van der Waals surface area contributed by atoms with Crippen LogP contribution in [-0.4, -0.2) is 20.2 Å². The summed E-state index contributed by atoms with van der Waals surface area (Å²) in [4.78, 5) is 10.9. The van der Waals surface area contributed by atoms with Gasteiger partial charge in [0, 0.05) is 6.08 Å². The van der Waals surface area contributed by atoms with Crippen LogP contribution in [0.2, 0.25) is 0 Å². The molecule has 4 nitrogen and oxygen atoms in total. The second-order valence-electron chi connectivity index (χ2n) is 2.89. The summed E-state index contributed by atoms with van der Waals surface area (Å²) in [7, 11) is 2.79. The molecule has 0 aliphatic rings. The van der Waals surface area contributed by atoms with E-state index in [9.17, 15) is 4.79 Å². The Kier molecular flexibility index (Phi) is 4.10. The predicted molar refractivity (Wildman–Crippen MR) is 58.8 cm³/mol. The summed E-state index contributed by atoms with van der Waals surface area (Å²) in [6, 6.07) is 7.19. The standard InChI is InChI=1S/C12H11NO3/c1-15-11-5-3-4-9(10(11)8-13)6-7-12(14)16-2/h3-7H,1-2H3. The Balaban J connectivity index is 3.10. The molecular weight excluding hydrogens is 206 g/mol. The molecule has 0 aliphatic heterocycles. The van der Waals surface area contributed by atoms with Gasteiger partial charge in [0.2, 0.25) is 0 Å². The highest BCUT2D eigenvalue weighted by atomic mass is 16.5. The van der Waals surface area contributed by atoms with Crippen molar-refractivity contribution in [1.82, 2.24) is 0 Å². The Labute approximate surface area is 93.7 Å². The maximum Gasteiger partial charge on any atom is 0.330 e. The third-order valence-corrected chi connectivity index (χ3v) is 1.99. The molecule has 0 radical (unpaired) electrons. The molecule has 0 saturated heterocycles. The van der Waals surface area contributed by atoms with E-state index in [-0.39, 0.29) is 0 Å². The number of nitriles is 1. The minimum Gasteiger partial charge on any atom is -0.495 e. The van der Waals surface area contributed by atoms with Gasteiger partial charge >= 0.3 is 5.97 Å². The van der Waals surface area contributed by atoms with Crippen LogP contribution in [0.4, 0.5) is 0 Å². The molecule has 1 rings (SSSR count). The molecule has 82 valence electrons. The van der Waals surface area contributed by atoms with E-state index in [0.29, 0.717) is 16.9 Å². The summed E-state index contributed by atoms with van der Waals surface area (Å²) in [6.07, 6.45) is 2.78. The van der Waals surface area contributed by atoms with Crippen LogP contribution in [0, 0.1) is 11.3 Å². The Morgan fingerprint density at radius 1 is 1.44 bits per heavy atom. The largest absolute Gasteiger partial charge is 0.495 e. The lowest BCUT2D eigenvalue weighted by Crippen LogP contribution is -1.94. The average Bonchev–Trinajstić information content (AvgIpc) is 2.34. The summed E-state index contributed by atoms with van der Waals surface area (Å²) < 4.78 is 9.50. The van der Waals surface area contributed by atoms with Gasteiger partial charge in [-0.3, -0.25) is 0 Å². The normalized spacial score (nSPS) is 9.81. The van der Waals surface area contributed by atoms with E-state index in [1.807, 2.05) is 6.07 Å². The second-order valence-corrected chi connectivity index (χ2v) is 2.89. The van der Waals surface area contributed by atoms with Gasteiger partial charge < -0.3 is 9.47 Å². The van der Waals surface area contributed by atoms with E-state index in [1.165, 1.54) is 26.4 Å². The molecule has 16 heavy (non-hydrogen) atoms. The number of hydrogen-bond donors (Lipinski definition) is 0. The second kappa shape index (κ2) is 5.56. The summed E-state index contributed by atoms with van der Waals surface area (Å²) in [5.41, 5.74) is 1.01. The van der Waals surface area contributed by atoms with Gasteiger partial charge in [0.25, 0.3) is 0 Å². The monoisotopic (exact) mass is 217 g/mol. The number of benzene rings is 1. The molecule has 0 atom stereocenters. The van der Waals surface area contributed by atoms with Crippen molar-refractivity contribution in [3.8, 4) is 11.8 Å². The van der Waals surface area contributed by atoms with Crippen LogP contribution in [0.5, 0.6) is 5.75 Å². The van der Waals surface area contributed by atoms with Crippen LogP contribution in [0.1, 0.15) is 11.1 Å². The fourth-order valence-corrected chi connectivity index (χ4v) is 1.20. The van der Waals surface area contributed by atoms with Gasteiger partial charge in [0.1, 0.15) is 17.4 Å². The molecule has 0 aliphatic carbocycles. The molecule has 0 spiro atoms. The fraction of sp³-hybridized carbons (Fsp3) is 0.167. The topological polar surface area (TPSA) is 59.3 Å². The van der Waals surface area contributed by atoms with Crippen LogP contribution >= 0.6 is 0 Å². The van der Waals surface area contributed by atoms with Crippen molar-refractivity contribution < 1.29 is 14.3 Å². The van der Waals surface area contributed by atoms with E-state index in [2.05, 4.69) is 4.74 Å². The van der Waals surface area contributed by atoms with Gasteiger partial charge in [-0.05, 0) is 17.7 Å². The molecule has 0 unspecified atom stereocenters. The minimum atomic E-state index is -0.466. The van der Waals surface area contributed by atoms with Gasteiger partial charge in [0.05, 0.1) is 14.2 Å². The van der Waals surface area contributed by atoms with Crippen LogP contribution in [0.15, 0.2) is 24.3 Å². The molecule has 1 aromatic carbocycles. The Hall–Kier alpha value is -2.28. The molecule has 4 heteroatoms. The molecule has 0 fully saturated rings. The SMILES string of the molecule is COC(=O)C=Cc1cccc(OC)c1C#N. The van der Waals surface area contributed by atoms with Crippen molar-refractivity contribution in [2.75, 3.05) is 14.2 Å². The van der Waals surface area contributed by atoms with E-state index in [1.54, 1.807) is 18.2 Å². The zero-order valence-electron chi connectivity index (χ0n) is 9.06. The first kappa shape index (κ1) is 11.8. The lowest BCUT2D eigenvalue weighted by molar-refractivity contribution is -0.134. The minimum absolute atomic E-state index is 0.394. The number of rotatable bonds is 3. The first-order chi connectivity index (χ1) is 7.72. The zero-order chi connectivity index (χ0) is 12.0. The summed E-state index contributed by atoms with van der Waals surface area (Å²) in [5, 5.41) is 8.97. The number of esters is 1. The average molecular weight is 217 g/mol. The third-order valence-electron chi connectivity index (χ3n) is 1.99. The maximum absolute atomic E-state index is 10.9. The molecule has 0 heterocycles. The molecule has 0 saturated carbocycles. The van der Waals surface area contributed by atoms with Gasteiger partial charge in [-0.15, -0.1) is 0 Å². The van der Waals surface area contributed by atoms with Crippen molar-refractivity contribution in [2.24, 2.45) is 0 Å². The smallest absolute Gasteiger partial charge is 0.330 e. The van der Waals surface area contributed by atoms with Crippen LogP contribution in [-0.2, 0) is 9.53 Å². The van der Waals surface area contributed by atoms with E-state index in [4.69, 9.17) is 10.00 Å². The van der Waals surface area contributed by atoms with Crippen molar-refractivity contribution in [3.63, 3.8) is 0 Å². The predicted octanol–water partition coefficient (Wildman–Crippen LogP) is 1.75. The highest BCUT2D eigenvalue weighted by molar-refractivity contribution is 5.87. The van der Waals surface area contributed by atoms with Gasteiger partial charge in [0.15, 0.2) is 0 Å². The first-order valence-corrected chi connectivity index (χ1v) is 4.56. The van der Waals surface area contributed by atoms with Crippen molar-refractivity contribution >= 4 is 12.0 Å². The summed E-state index contributed by atoms with van der Waals surface area (Å²) in [6.45, 7) is 0. The van der Waals surface area contributed by atoms with Crippen molar-refractivity contribution in [1.29, 1.82) is 5.26 Å². The van der Waals surface area contributed by atoms with Crippen molar-refractivity contribution in [2.45, 2.75) is 0 Å².